The molecule has 4 rings (SSSR count). The molecule has 8 nitrogen and oxygen atoms in total. The summed E-state index contributed by atoms with van der Waals surface area (Å²) >= 11 is 0. The number of para-hydroxylation sites is 1. The minimum atomic E-state index is -0.198. The molecule has 1 saturated carbocycles. The summed E-state index contributed by atoms with van der Waals surface area (Å²) in [6, 6.07) is 7.46. The zero-order valence-corrected chi connectivity index (χ0v) is 19.6. The molecule has 2 aliphatic rings. The molecule has 2 heterocycles. The van der Waals surface area contributed by atoms with E-state index < -0.39 is 0 Å². The van der Waals surface area contributed by atoms with Crippen molar-refractivity contribution in [3.8, 4) is 5.75 Å². The molecule has 1 aromatic heterocycles. The van der Waals surface area contributed by atoms with E-state index >= 15 is 0 Å². The Morgan fingerprint density at radius 2 is 1.94 bits per heavy atom. The molecule has 8 heteroatoms. The molecule has 1 aliphatic carbocycles. The zero-order valence-electron chi connectivity index (χ0n) is 19.6. The lowest BCUT2D eigenvalue weighted by atomic mass is 9.95. The van der Waals surface area contributed by atoms with Gasteiger partial charge >= 0.3 is 0 Å². The molecule has 33 heavy (non-hydrogen) atoms. The van der Waals surface area contributed by atoms with Crippen LogP contribution in [0.4, 0.5) is 5.82 Å². The number of likely N-dealkylation sites (N-methyl/N-ethyl adjacent to an activating group) is 1. The van der Waals surface area contributed by atoms with Crippen LogP contribution in [0.5, 0.6) is 5.75 Å². The first-order valence-corrected chi connectivity index (χ1v) is 11.7. The number of rotatable bonds is 6. The highest BCUT2D eigenvalue weighted by Crippen LogP contribution is 2.26. The smallest absolute Gasteiger partial charge is 0.261 e. The van der Waals surface area contributed by atoms with E-state index in [1.807, 2.05) is 6.07 Å². The van der Waals surface area contributed by atoms with Gasteiger partial charge in [0.25, 0.3) is 5.56 Å². The number of carbonyl (C=O) groups excluding carboxylic acids is 1. The molecule has 0 radical (unpaired) electrons. The minimum Gasteiger partial charge on any atom is -0.496 e. The summed E-state index contributed by atoms with van der Waals surface area (Å²) < 4.78 is 4.90. The summed E-state index contributed by atoms with van der Waals surface area (Å²) in [4.78, 5) is 32.6. The Kier molecular flexibility index (Phi) is 9.18. The first kappa shape index (κ1) is 24.6. The minimum absolute atomic E-state index is 0.198. The van der Waals surface area contributed by atoms with Gasteiger partial charge in [-0.05, 0) is 51.4 Å². The van der Waals surface area contributed by atoms with Gasteiger partial charge < -0.3 is 25.3 Å². The zero-order chi connectivity index (χ0) is 23.6. The molecule has 1 saturated heterocycles. The number of carbonyl (C=O) groups is 1. The van der Waals surface area contributed by atoms with Crippen LogP contribution in [0.25, 0.3) is 0 Å². The van der Waals surface area contributed by atoms with Gasteiger partial charge in [0.1, 0.15) is 17.4 Å². The largest absolute Gasteiger partial charge is 0.496 e. The predicted octanol–water partition coefficient (Wildman–Crippen LogP) is 3.83. The van der Waals surface area contributed by atoms with Gasteiger partial charge in [-0.3, -0.25) is 9.59 Å². The summed E-state index contributed by atoms with van der Waals surface area (Å²) in [6.45, 7) is 2.03. The Labute approximate surface area is 195 Å². The standard InChI is InChI=1S/C17H27N5O.C8H8O2/c1-22-9-5-6-12(11-22)15-20-16(14(10-18)17(23)21-15)19-13-7-3-2-4-8-13;1-10-8-5-3-2-4-7(8)6-9/h10,12-13,18H,2-9,11H2,1H3,(H2,19,20,21,23);2-6H,1H3. The van der Waals surface area contributed by atoms with Gasteiger partial charge in [-0.1, -0.05) is 31.4 Å². The van der Waals surface area contributed by atoms with Crippen molar-refractivity contribution < 1.29 is 9.53 Å². The average Bonchev–Trinajstić information content (AvgIpc) is 2.85. The Balaban J connectivity index is 0.000000257. The normalized spacial score (nSPS) is 19.2. The number of hydrogen-bond donors (Lipinski definition) is 3. The number of benzene rings is 1. The average molecular weight is 454 g/mol. The SMILES string of the molecule is CN1CCCC(c2nc(NC3CCCCC3)c(C=N)c(=O)[nH]2)C1.COc1ccccc1C=O. The van der Waals surface area contributed by atoms with Crippen LogP contribution in [-0.4, -0.2) is 60.7 Å². The fourth-order valence-electron chi connectivity index (χ4n) is 4.53. The highest BCUT2D eigenvalue weighted by atomic mass is 16.5. The number of nitrogens with one attached hydrogen (secondary N) is 3. The third-order valence-corrected chi connectivity index (χ3v) is 6.34. The van der Waals surface area contributed by atoms with Gasteiger partial charge in [0.2, 0.25) is 0 Å². The summed E-state index contributed by atoms with van der Waals surface area (Å²) in [7, 11) is 3.65. The molecule has 1 unspecified atom stereocenters. The van der Waals surface area contributed by atoms with E-state index in [0.717, 1.165) is 57.1 Å². The van der Waals surface area contributed by atoms with Crippen molar-refractivity contribution in [2.24, 2.45) is 0 Å². The van der Waals surface area contributed by atoms with Crippen LogP contribution in [0.1, 0.15) is 72.6 Å². The third-order valence-electron chi connectivity index (χ3n) is 6.34. The number of hydrogen-bond acceptors (Lipinski definition) is 7. The number of aldehydes is 1. The van der Waals surface area contributed by atoms with Gasteiger partial charge in [-0.2, -0.15) is 0 Å². The molecule has 1 atom stereocenters. The molecule has 1 aliphatic heterocycles. The van der Waals surface area contributed by atoms with Gasteiger partial charge in [0, 0.05) is 24.7 Å². The first-order chi connectivity index (χ1) is 16.0. The summed E-state index contributed by atoms with van der Waals surface area (Å²) in [6.07, 6.45) is 10.1. The molecule has 0 bridgehead atoms. The number of anilines is 1. The highest BCUT2D eigenvalue weighted by Gasteiger charge is 2.23. The fourth-order valence-corrected chi connectivity index (χ4v) is 4.53. The maximum atomic E-state index is 12.4. The van der Waals surface area contributed by atoms with E-state index in [2.05, 4.69) is 22.2 Å². The van der Waals surface area contributed by atoms with Crippen LogP contribution in [0, 0.1) is 5.41 Å². The second-order valence-electron chi connectivity index (χ2n) is 8.80. The van der Waals surface area contributed by atoms with Crippen LogP contribution in [-0.2, 0) is 0 Å². The molecule has 2 fully saturated rings. The van der Waals surface area contributed by atoms with Crippen LogP contribution in [0.15, 0.2) is 29.1 Å². The Morgan fingerprint density at radius 1 is 1.18 bits per heavy atom. The summed E-state index contributed by atoms with van der Waals surface area (Å²) in [5.74, 6) is 2.26. The molecule has 1 aromatic carbocycles. The monoisotopic (exact) mass is 453 g/mol. The number of aromatic nitrogens is 2. The van der Waals surface area contributed by atoms with Crippen molar-refractivity contribution in [3.63, 3.8) is 0 Å². The van der Waals surface area contributed by atoms with E-state index in [0.29, 0.717) is 28.7 Å². The molecular weight excluding hydrogens is 418 g/mol. The molecule has 178 valence electrons. The number of likely N-dealkylation sites (tertiary alicyclic amines) is 1. The van der Waals surface area contributed by atoms with Crippen LogP contribution >= 0.6 is 0 Å². The van der Waals surface area contributed by atoms with Crippen molar-refractivity contribution in [2.45, 2.75) is 56.9 Å². The molecule has 3 N–H and O–H groups in total. The van der Waals surface area contributed by atoms with Crippen LogP contribution < -0.4 is 15.6 Å². The number of ether oxygens (including phenoxy) is 1. The lowest BCUT2D eigenvalue weighted by molar-refractivity contribution is 0.112. The number of methoxy groups -OCH3 is 1. The van der Waals surface area contributed by atoms with Crippen LogP contribution in [0.2, 0.25) is 0 Å². The van der Waals surface area contributed by atoms with Gasteiger partial charge in [0.15, 0.2) is 6.29 Å². The third kappa shape index (κ3) is 6.74. The van der Waals surface area contributed by atoms with Crippen LogP contribution in [0.3, 0.4) is 0 Å². The first-order valence-electron chi connectivity index (χ1n) is 11.7. The Bertz CT molecular complexity index is 984. The van der Waals surface area contributed by atoms with E-state index in [9.17, 15) is 9.59 Å². The number of piperidine rings is 1. The van der Waals surface area contributed by atoms with E-state index in [-0.39, 0.29) is 11.5 Å². The maximum absolute atomic E-state index is 12.4. The maximum Gasteiger partial charge on any atom is 0.261 e. The lowest BCUT2D eigenvalue weighted by Gasteiger charge is -2.29. The predicted molar refractivity (Wildman–Crippen MR) is 131 cm³/mol. The van der Waals surface area contributed by atoms with Crippen molar-refractivity contribution in [2.75, 3.05) is 32.6 Å². The van der Waals surface area contributed by atoms with Gasteiger partial charge in [0.05, 0.1) is 18.2 Å². The van der Waals surface area contributed by atoms with E-state index in [1.54, 1.807) is 25.3 Å². The van der Waals surface area contributed by atoms with Crippen molar-refractivity contribution in [1.29, 1.82) is 5.41 Å². The molecule has 0 spiro atoms. The second-order valence-corrected chi connectivity index (χ2v) is 8.80. The summed E-state index contributed by atoms with van der Waals surface area (Å²) in [5, 5.41) is 11.0. The van der Waals surface area contributed by atoms with Crippen molar-refractivity contribution in [3.05, 3.63) is 51.6 Å². The quantitative estimate of drug-likeness (QED) is 0.453. The highest BCUT2D eigenvalue weighted by molar-refractivity contribution is 5.83. The van der Waals surface area contributed by atoms with E-state index in [1.165, 1.54) is 19.3 Å². The van der Waals surface area contributed by atoms with Gasteiger partial charge in [-0.15, -0.1) is 0 Å². The van der Waals surface area contributed by atoms with Gasteiger partial charge in [-0.25, -0.2) is 4.98 Å². The fraction of sp³-hybridized carbons (Fsp3) is 0.520. The lowest BCUT2D eigenvalue weighted by Crippen LogP contribution is -2.34. The molecule has 2 aromatic rings. The molecule has 0 amide bonds. The topological polar surface area (TPSA) is 111 Å². The second kappa shape index (κ2) is 12.3. The molecular formula is C25H35N5O3. The van der Waals surface area contributed by atoms with E-state index in [4.69, 9.17) is 15.1 Å². The summed E-state index contributed by atoms with van der Waals surface area (Å²) in [5.41, 5.74) is 0.741. The van der Waals surface area contributed by atoms with Crippen molar-refractivity contribution in [1.82, 2.24) is 14.9 Å². The Hall–Kier alpha value is -3.00. The number of H-pyrrole nitrogens is 1. The van der Waals surface area contributed by atoms with Crippen molar-refractivity contribution >= 4 is 18.3 Å². The Morgan fingerprint density at radius 3 is 2.58 bits per heavy atom. The number of aromatic amines is 1. The number of nitrogens with zero attached hydrogens (tertiary/aromatic N) is 2.